The first-order valence-corrected chi connectivity index (χ1v) is 12.8. The summed E-state index contributed by atoms with van der Waals surface area (Å²) >= 11 is 0. The van der Waals surface area contributed by atoms with Crippen LogP contribution in [0.25, 0.3) is 6.08 Å². The van der Waals surface area contributed by atoms with E-state index in [1.54, 1.807) is 18.2 Å². The van der Waals surface area contributed by atoms with Crippen LogP contribution in [-0.2, 0) is 14.8 Å². The number of aliphatic hydroxyl groups is 1. The van der Waals surface area contributed by atoms with Crippen LogP contribution in [-0.4, -0.2) is 41.6 Å². The molecule has 0 radical (unpaired) electrons. The van der Waals surface area contributed by atoms with Crippen LogP contribution in [0.15, 0.2) is 49.1 Å². The molecule has 168 valence electrons. The summed E-state index contributed by atoms with van der Waals surface area (Å²) in [6, 6.07) is 9.26. The second-order valence-electron chi connectivity index (χ2n) is 9.99. The topological polar surface area (TPSA) is 74.7 Å². The molecule has 1 heterocycles. The van der Waals surface area contributed by atoms with Crippen molar-refractivity contribution >= 4 is 22.0 Å². The molecule has 5 atom stereocenters. The lowest BCUT2D eigenvalue weighted by molar-refractivity contribution is -0.136. The molecule has 2 saturated carbocycles. The first-order valence-electron chi connectivity index (χ1n) is 11.2. The predicted molar refractivity (Wildman–Crippen MR) is 122 cm³/mol. The molecule has 1 saturated heterocycles. The van der Waals surface area contributed by atoms with Gasteiger partial charge in [0.1, 0.15) is 0 Å². The van der Waals surface area contributed by atoms with E-state index in [1.165, 1.54) is 4.31 Å². The Kier molecular flexibility index (Phi) is 5.67. The number of aliphatic hydroxyl groups excluding tert-OH is 1. The summed E-state index contributed by atoms with van der Waals surface area (Å²) in [6.45, 7) is 8.07. The normalized spacial score (nSPS) is 32.2. The number of fused-ring (bicyclic) bond motifs is 1. The van der Waals surface area contributed by atoms with Gasteiger partial charge in [0.05, 0.1) is 23.8 Å². The number of carbonyl (C=O) groups excluding carboxylic acids is 1. The molecule has 0 aromatic heterocycles. The summed E-state index contributed by atoms with van der Waals surface area (Å²) < 4.78 is 27.7. The van der Waals surface area contributed by atoms with E-state index in [9.17, 15) is 18.3 Å². The third-order valence-electron chi connectivity index (χ3n) is 8.33. The number of amides is 1. The Balaban J connectivity index is 1.63. The van der Waals surface area contributed by atoms with Crippen molar-refractivity contribution in [1.82, 2.24) is 4.31 Å². The van der Waals surface area contributed by atoms with Crippen molar-refractivity contribution < 1.29 is 18.3 Å². The van der Waals surface area contributed by atoms with Gasteiger partial charge in [-0.25, -0.2) is 12.7 Å². The number of allylic oxidation sites excluding steroid dienone is 1. The van der Waals surface area contributed by atoms with E-state index in [0.29, 0.717) is 18.8 Å². The number of rotatable bonds is 7. The van der Waals surface area contributed by atoms with Crippen molar-refractivity contribution in [2.24, 2.45) is 22.7 Å². The fraction of sp³-hybridized carbons (Fsp3) is 0.560. The van der Waals surface area contributed by atoms with Crippen LogP contribution in [0.1, 0.15) is 51.5 Å². The molecule has 1 N–H and O–H groups in total. The molecule has 6 heteroatoms. The SMILES string of the molecule is C=CCC[C@@H](C(=O)N1[C@@H]2C[C@H]3CC[C@]2(CS1(=O)=O)C3(C)C)[C@@H](O)/C=C/c1ccccc1. The third-order valence-corrected chi connectivity index (χ3v) is 10.2. The monoisotopic (exact) mass is 443 g/mol. The van der Waals surface area contributed by atoms with Crippen LogP contribution in [0.4, 0.5) is 0 Å². The van der Waals surface area contributed by atoms with Crippen molar-refractivity contribution in [3.8, 4) is 0 Å². The molecule has 1 spiro atoms. The zero-order valence-electron chi connectivity index (χ0n) is 18.4. The number of carbonyl (C=O) groups is 1. The third kappa shape index (κ3) is 3.48. The lowest BCUT2D eigenvalue weighted by atomic mass is 9.69. The Labute approximate surface area is 185 Å². The molecule has 0 unspecified atom stereocenters. The van der Waals surface area contributed by atoms with Gasteiger partial charge in [-0.1, -0.05) is 62.4 Å². The van der Waals surface area contributed by atoms with Crippen LogP contribution in [0.5, 0.6) is 0 Å². The molecule has 3 fully saturated rings. The summed E-state index contributed by atoms with van der Waals surface area (Å²) in [4.78, 5) is 13.7. The van der Waals surface area contributed by atoms with Gasteiger partial charge in [-0.2, -0.15) is 0 Å². The minimum Gasteiger partial charge on any atom is -0.388 e. The average molecular weight is 444 g/mol. The molecule has 2 bridgehead atoms. The van der Waals surface area contributed by atoms with Crippen molar-refractivity contribution in [2.45, 2.75) is 58.1 Å². The van der Waals surface area contributed by atoms with Gasteiger partial charge in [-0.05, 0) is 49.0 Å². The first kappa shape index (κ1) is 22.3. The second-order valence-corrected chi connectivity index (χ2v) is 11.8. The van der Waals surface area contributed by atoms with E-state index in [0.717, 1.165) is 24.8 Å². The van der Waals surface area contributed by atoms with E-state index >= 15 is 0 Å². The number of hydrogen-bond acceptors (Lipinski definition) is 4. The Morgan fingerprint density at radius 2 is 2.03 bits per heavy atom. The standard InChI is InChI=1S/C25H33NO4S/c1-4-5-11-20(21(27)13-12-18-9-7-6-8-10-18)23(28)26-22-16-19-14-15-25(22,24(19,2)3)17-31(26,29)30/h4,6-10,12-13,19-22,27H,1,5,11,14-17H2,2-3H3/b13-12+/t19-,20-,21+,22-,25-/m1/s1. The van der Waals surface area contributed by atoms with E-state index in [2.05, 4.69) is 20.4 Å². The Hall–Kier alpha value is -1.92. The predicted octanol–water partition coefficient (Wildman–Crippen LogP) is 4.01. The number of sulfonamides is 1. The fourth-order valence-electron chi connectivity index (χ4n) is 6.39. The lowest BCUT2D eigenvalue weighted by Crippen LogP contribution is -2.48. The second kappa shape index (κ2) is 7.89. The van der Waals surface area contributed by atoms with Crippen LogP contribution < -0.4 is 0 Å². The summed E-state index contributed by atoms with van der Waals surface area (Å²) in [5.41, 5.74) is 0.460. The minimum absolute atomic E-state index is 0.0457. The molecule has 1 aliphatic heterocycles. The van der Waals surface area contributed by atoms with Gasteiger partial charge < -0.3 is 5.11 Å². The van der Waals surface area contributed by atoms with E-state index < -0.39 is 28.0 Å². The van der Waals surface area contributed by atoms with Crippen molar-refractivity contribution in [2.75, 3.05) is 5.75 Å². The van der Waals surface area contributed by atoms with Gasteiger partial charge in [0.2, 0.25) is 15.9 Å². The molecule has 2 aliphatic carbocycles. The maximum Gasteiger partial charge on any atom is 0.242 e. The lowest BCUT2D eigenvalue weighted by Gasteiger charge is -2.37. The molecular formula is C25H33NO4S. The Morgan fingerprint density at radius 1 is 1.32 bits per heavy atom. The summed E-state index contributed by atoms with van der Waals surface area (Å²) in [7, 11) is -3.71. The molecule has 1 aromatic rings. The van der Waals surface area contributed by atoms with E-state index in [-0.39, 0.29) is 22.6 Å². The number of benzene rings is 1. The molecular weight excluding hydrogens is 410 g/mol. The summed E-state index contributed by atoms with van der Waals surface area (Å²) in [6.07, 6.45) is 7.53. The van der Waals surface area contributed by atoms with Gasteiger partial charge >= 0.3 is 0 Å². The van der Waals surface area contributed by atoms with Crippen molar-refractivity contribution in [3.63, 3.8) is 0 Å². The zero-order valence-corrected chi connectivity index (χ0v) is 19.2. The first-order chi connectivity index (χ1) is 14.6. The highest BCUT2D eigenvalue weighted by Crippen LogP contribution is 2.70. The quantitative estimate of drug-likeness (QED) is 0.646. The Bertz CT molecular complexity index is 984. The molecule has 3 aliphatic rings. The smallest absolute Gasteiger partial charge is 0.242 e. The van der Waals surface area contributed by atoms with Crippen molar-refractivity contribution in [1.29, 1.82) is 0 Å². The molecule has 1 aromatic carbocycles. The van der Waals surface area contributed by atoms with E-state index in [4.69, 9.17) is 0 Å². The summed E-state index contributed by atoms with van der Waals surface area (Å²) in [5, 5.41) is 10.9. The van der Waals surface area contributed by atoms with Gasteiger partial charge in [0, 0.05) is 5.41 Å². The highest BCUT2D eigenvalue weighted by atomic mass is 32.2. The number of nitrogens with zero attached hydrogens (tertiary/aromatic N) is 1. The minimum atomic E-state index is -3.71. The summed E-state index contributed by atoms with van der Waals surface area (Å²) in [5.74, 6) is -0.787. The average Bonchev–Trinajstić information content (AvgIpc) is 3.21. The maximum absolute atomic E-state index is 13.7. The highest BCUT2D eigenvalue weighted by molar-refractivity contribution is 7.90. The van der Waals surface area contributed by atoms with Gasteiger partial charge in [-0.15, -0.1) is 6.58 Å². The molecule has 4 rings (SSSR count). The largest absolute Gasteiger partial charge is 0.388 e. The highest BCUT2D eigenvalue weighted by Gasteiger charge is 2.72. The van der Waals surface area contributed by atoms with Crippen LogP contribution in [0, 0.1) is 22.7 Å². The van der Waals surface area contributed by atoms with Gasteiger partial charge in [-0.3, -0.25) is 4.79 Å². The number of hydrogen-bond donors (Lipinski definition) is 1. The van der Waals surface area contributed by atoms with Crippen LogP contribution in [0.3, 0.4) is 0 Å². The van der Waals surface area contributed by atoms with Gasteiger partial charge in [0.15, 0.2) is 0 Å². The fourth-order valence-corrected chi connectivity index (χ4v) is 8.97. The molecule has 31 heavy (non-hydrogen) atoms. The zero-order chi connectivity index (χ0) is 22.4. The van der Waals surface area contributed by atoms with E-state index in [1.807, 2.05) is 30.3 Å². The van der Waals surface area contributed by atoms with Crippen LogP contribution in [0.2, 0.25) is 0 Å². The maximum atomic E-state index is 13.7. The van der Waals surface area contributed by atoms with Crippen molar-refractivity contribution in [3.05, 3.63) is 54.6 Å². The van der Waals surface area contributed by atoms with Gasteiger partial charge in [0.25, 0.3) is 0 Å². The molecule has 1 amide bonds. The Morgan fingerprint density at radius 3 is 2.68 bits per heavy atom. The molecule has 5 nitrogen and oxygen atoms in total. The van der Waals surface area contributed by atoms with Crippen LogP contribution >= 0.6 is 0 Å².